The summed E-state index contributed by atoms with van der Waals surface area (Å²) in [7, 11) is 0. The summed E-state index contributed by atoms with van der Waals surface area (Å²) < 4.78 is 41.3. The summed E-state index contributed by atoms with van der Waals surface area (Å²) in [5.74, 6) is 0.121. The molecule has 4 nitrogen and oxygen atoms in total. The van der Waals surface area contributed by atoms with E-state index in [4.69, 9.17) is 4.74 Å². The van der Waals surface area contributed by atoms with E-state index in [2.05, 4.69) is 15.5 Å². The van der Waals surface area contributed by atoms with Gasteiger partial charge in [0.05, 0.1) is 11.9 Å². The number of hydrogen-bond acceptors (Lipinski definition) is 5. The maximum atomic E-state index is 12.2. The Bertz CT molecular complexity index is 625. The fourth-order valence-electron chi connectivity index (χ4n) is 1.44. The topological polar surface area (TPSA) is 46.5 Å². The highest BCUT2D eigenvalue weighted by molar-refractivity contribution is 7.13. The molecule has 0 spiro atoms. The average Bonchev–Trinajstić information content (AvgIpc) is 2.82. The third-order valence-electron chi connectivity index (χ3n) is 2.29. The first kappa shape index (κ1) is 15.3. The molecule has 2 aromatic rings. The van der Waals surface area contributed by atoms with Crippen LogP contribution in [-0.4, -0.2) is 24.0 Å². The maximum Gasteiger partial charge on any atom is 0.422 e. The Labute approximate surface area is 123 Å². The van der Waals surface area contributed by atoms with E-state index in [1.807, 2.05) is 12.3 Å². The highest BCUT2D eigenvalue weighted by Crippen LogP contribution is 2.21. The van der Waals surface area contributed by atoms with Gasteiger partial charge >= 0.3 is 6.18 Å². The van der Waals surface area contributed by atoms with E-state index in [-0.39, 0.29) is 5.75 Å². The molecule has 1 heterocycles. The highest BCUT2D eigenvalue weighted by Gasteiger charge is 2.28. The SMILES string of the molecule is Cc1csc(NN=Cc2ccccc2OCC(F)(F)F)n1. The minimum atomic E-state index is -4.37. The second kappa shape index (κ2) is 6.57. The molecule has 2 rings (SSSR count). The molecule has 0 saturated heterocycles. The van der Waals surface area contributed by atoms with Gasteiger partial charge in [-0.3, -0.25) is 5.43 Å². The quantitative estimate of drug-likeness (QED) is 0.673. The molecular weight excluding hydrogens is 303 g/mol. The first-order valence-corrected chi connectivity index (χ1v) is 6.82. The predicted octanol–water partition coefficient (Wildman–Crippen LogP) is 3.84. The van der Waals surface area contributed by atoms with Gasteiger partial charge in [0, 0.05) is 10.9 Å². The summed E-state index contributed by atoms with van der Waals surface area (Å²) in [5, 5.41) is 6.41. The normalized spacial score (nSPS) is 11.8. The number of nitrogens with one attached hydrogen (secondary N) is 1. The second-order valence-corrected chi connectivity index (χ2v) is 4.96. The molecule has 0 fully saturated rings. The van der Waals surface area contributed by atoms with E-state index in [0.29, 0.717) is 10.7 Å². The van der Waals surface area contributed by atoms with Crippen molar-refractivity contribution in [1.29, 1.82) is 0 Å². The summed E-state index contributed by atoms with van der Waals surface area (Å²) >= 11 is 1.39. The number of anilines is 1. The first-order chi connectivity index (χ1) is 9.94. The number of hydrogen-bond donors (Lipinski definition) is 1. The predicted molar refractivity (Wildman–Crippen MR) is 76.1 cm³/mol. The lowest BCUT2D eigenvalue weighted by atomic mass is 10.2. The third kappa shape index (κ3) is 5.07. The number of hydrazone groups is 1. The summed E-state index contributed by atoms with van der Waals surface area (Å²) in [6, 6.07) is 6.36. The molecule has 0 radical (unpaired) electrons. The van der Waals surface area contributed by atoms with Crippen LogP contribution in [0, 0.1) is 6.92 Å². The number of ether oxygens (including phenoxy) is 1. The lowest BCUT2D eigenvalue weighted by Gasteiger charge is -2.10. The van der Waals surface area contributed by atoms with E-state index in [1.165, 1.54) is 23.6 Å². The van der Waals surface area contributed by atoms with E-state index in [9.17, 15) is 13.2 Å². The molecule has 0 amide bonds. The number of thiazole rings is 1. The van der Waals surface area contributed by atoms with Crippen LogP contribution in [0.15, 0.2) is 34.7 Å². The number of para-hydroxylation sites is 1. The highest BCUT2D eigenvalue weighted by atomic mass is 32.1. The van der Waals surface area contributed by atoms with Crippen LogP contribution in [0.3, 0.4) is 0 Å². The molecule has 1 aromatic heterocycles. The van der Waals surface area contributed by atoms with Crippen molar-refractivity contribution < 1.29 is 17.9 Å². The molecule has 21 heavy (non-hydrogen) atoms. The fourth-order valence-corrected chi connectivity index (χ4v) is 2.08. The van der Waals surface area contributed by atoms with Gasteiger partial charge in [0.15, 0.2) is 6.61 Å². The summed E-state index contributed by atoms with van der Waals surface area (Å²) in [6.07, 6.45) is -2.98. The number of aryl methyl sites for hydroxylation is 1. The fraction of sp³-hybridized carbons (Fsp3) is 0.231. The molecule has 1 N–H and O–H groups in total. The zero-order valence-electron chi connectivity index (χ0n) is 11.0. The molecule has 8 heteroatoms. The first-order valence-electron chi connectivity index (χ1n) is 5.94. The van der Waals surface area contributed by atoms with Crippen LogP contribution in [0.25, 0.3) is 0 Å². The molecule has 1 aromatic carbocycles. The molecule has 0 bridgehead atoms. The van der Waals surface area contributed by atoms with Gasteiger partial charge in [-0.1, -0.05) is 12.1 Å². The molecule has 0 saturated carbocycles. The molecule has 0 aliphatic rings. The minimum absolute atomic E-state index is 0.121. The van der Waals surface area contributed by atoms with Crippen molar-refractivity contribution in [2.75, 3.05) is 12.0 Å². The van der Waals surface area contributed by atoms with Gasteiger partial charge in [-0.05, 0) is 19.1 Å². The average molecular weight is 315 g/mol. The van der Waals surface area contributed by atoms with Crippen LogP contribution in [0.4, 0.5) is 18.3 Å². The standard InChI is InChI=1S/C13H12F3N3OS/c1-9-7-21-12(18-9)19-17-6-10-4-2-3-5-11(10)20-8-13(14,15)16/h2-7H,8H2,1H3,(H,18,19). The minimum Gasteiger partial charge on any atom is -0.483 e. The smallest absolute Gasteiger partial charge is 0.422 e. The molecule has 0 atom stereocenters. The summed E-state index contributed by atoms with van der Waals surface area (Å²) in [5.41, 5.74) is 4.03. The van der Waals surface area contributed by atoms with Gasteiger partial charge in [0.1, 0.15) is 5.75 Å². The van der Waals surface area contributed by atoms with Crippen LogP contribution in [0.5, 0.6) is 5.75 Å². The van der Waals surface area contributed by atoms with Crippen molar-refractivity contribution in [2.24, 2.45) is 5.10 Å². The number of aromatic nitrogens is 1. The Morgan fingerprint density at radius 2 is 2.14 bits per heavy atom. The van der Waals surface area contributed by atoms with Crippen LogP contribution < -0.4 is 10.2 Å². The third-order valence-corrected chi connectivity index (χ3v) is 3.16. The lowest BCUT2D eigenvalue weighted by Crippen LogP contribution is -2.19. The number of alkyl halides is 3. The number of benzene rings is 1. The van der Waals surface area contributed by atoms with Crippen molar-refractivity contribution in [2.45, 2.75) is 13.1 Å². The molecule has 112 valence electrons. The van der Waals surface area contributed by atoms with Gasteiger partial charge in [0.2, 0.25) is 5.13 Å². The summed E-state index contributed by atoms with van der Waals surface area (Å²) in [4.78, 5) is 4.15. The second-order valence-electron chi connectivity index (χ2n) is 4.11. The Hall–Kier alpha value is -2.09. The van der Waals surface area contributed by atoms with Gasteiger partial charge in [-0.15, -0.1) is 11.3 Å². The van der Waals surface area contributed by atoms with Crippen molar-refractivity contribution >= 4 is 22.7 Å². The van der Waals surface area contributed by atoms with Crippen LogP contribution >= 0.6 is 11.3 Å². The number of halogens is 3. The molecule has 0 aliphatic carbocycles. The van der Waals surface area contributed by atoms with Gasteiger partial charge in [-0.25, -0.2) is 4.98 Å². The maximum absolute atomic E-state index is 12.2. The van der Waals surface area contributed by atoms with E-state index in [0.717, 1.165) is 5.69 Å². The van der Waals surface area contributed by atoms with Crippen LogP contribution in [0.2, 0.25) is 0 Å². The van der Waals surface area contributed by atoms with Crippen LogP contribution in [0.1, 0.15) is 11.3 Å². The molecular formula is C13H12F3N3OS. The zero-order chi connectivity index (χ0) is 15.3. The number of nitrogens with zero attached hydrogens (tertiary/aromatic N) is 2. The number of rotatable bonds is 5. The monoisotopic (exact) mass is 315 g/mol. The Morgan fingerprint density at radius 1 is 1.38 bits per heavy atom. The summed E-state index contributed by atoms with van der Waals surface area (Å²) in [6.45, 7) is 0.516. The zero-order valence-corrected chi connectivity index (χ0v) is 11.8. The Morgan fingerprint density at radius 3 is 2.81 bits per heavy atom. The Kier molecular flexibility index (Phi) is 4.79. The van der Waals surface area contributed by atoms with Gasteiger partial charge < -0.3 is 4.74 Å². The van der Waals surface area contributed by atoms with Gasteiger partial charge in [0.25, 0.3) is 0 Å². The van der Waals surface area contributed by atoms with Gasteiger partial charge in [-0.2, -0.15) is 18.3 Å². The largest absolute Gasteiger partial charge is 0.483 e. The van der Waals surface area contributed by atoms with E-state index < -0.39 is 12.8 Å². The van der Waals surface area contributed by atoms with Crippen LogP contribution in [-0.2, 0) is 0 Å². The molecule has 0 unspecified atom stereocenters. The van der Waals surface area contributed by atoms with E-state index in [1.54, 1.807) is 18.2 Å². The van der Waals surface area contributed by atoms with E-state index >= 15 is 0 Å². The van der Waals surface area contributed by atoms with Crippen molar-refractivity contribution in [3.8, 4) is 5.75 Å². The Balaban J connectivity index is 2.02. The van der Waals surface area contributed by atoms with Crippen molar-refractivity contribution in [3.05, 3.63) is 40.9 Å². The van der Waals surface area contributed by atoms with Crippen molar-refractivity contribution in [1.82, 2.24) is 4.98 Å². The lowest BCUT2D eigenvalue weighted by molar-refractivity contribution is -0.153. The molecule has 0 aliphatic heterocycles. The van der Waals surface area contributed by atoms with Crippen molar-refractivity contribution in [3.63, 3.8) is 0 Å².